The molecular formula is C13H13BrCl2F3N. The summed E-state index contributed by atoms with van der Waals surface area (Å²) in [5.41, 5.74) is 0.445. The first kappa shape index (κ1) is 16.2. The zero-order valence-electron chi connectivity index (χ0n) is 10.4. The van der Waals surface area contributed by atoms with E-state index in [9.17, 15) is 13.2 Å². The van der Waals surface area contributed by atoms with Gasteiger partial charge in [0, 0.05) is 10.5 Å². The summed E-state index contributed by atoms with van der Waals surface area (Å²) in [7, 11) is 0. The number of hydrogen-bond acceptors (Lipinski definition) is 1. The number of nitrogens with one attached hydrogen (secondary N) is 1. The van der Waals surface area contributed by atoms with E-state index in [4.69, 9.17) is 23.2 Å². The predicted octanol–water partition coefficient (Wildman–Crippen LogP) is 6.29. The van der Waals surface area contributed by atoms with Crippen molar-refractivity contribution in [3.63, 3.8) is 0 Å². The highest BCUT2D eigenvalue weighted by Gasteiger charge is 2.45. The van der Waals surface area contributed by atoms with Crippen LogP contribution in [-0.4, -0.2) is 12.2 Å². The number of rotatable bonds is 2. The monoisotopic (exact) mass is 389 g/mol. The first-order valence-corrected chi connectivity index (χ1v) is 7.82. The van der Waals surface area contributed by atoms with E-state index >= 15 is 0 Å². The molecule has 0 amide bonds. The average Bonchev–Trinajstić information content (AvgIpc) is 2.39. The summed E-state index contributed by atoms with van der Waals surface area (Å²) < 4.78 is 39.7. The zero-order chi connectivity index (χ0) is 14.9. The van der Waals surface area contributed by atoms with Crippen LogP contribution in [0.2, 0.25) is 10.0 Å². The van der Waals surface area contributed by atoms with E-state index < -0.39 is 18.1 Å². The van der Waals surface area contributed by atoms with Gasteiger partial charge in [0.25, 0.3) is 0 Å². The van der Waals surface area contributed by atoms with E-state index in [2.05, 4.69) is 21.2 Å². The number of hydrogen-bond donors (Lipinski definition) is 1. The van der Waals surface area contributed by atoms with Crippen molar-refractivity contribution >= 4 is 44.8 Å². The van der Waals surface area contributed by atoms with Gasteiger partial charge in [-0.2, -0.15) is 13.2 Å². The normalized spacial score (nSPS) is 23.7. The van der Waals surface area contributed by atoms with Gasteiger partial charge in [-0.15, -0.1) is 0 Å². The fraction of sp³-hybridized carbons (Fsp3) is 0.538. The lowest BCUT2D eigenvalue weighted by Gasteiger charge is -2.34. The van der Waals surface area contributed by atoms with Gasteiger partial charge < -0.3 is 5.32 Å². The smallest absolute Gasteiger partial charge is 0.380 e. The minimum atomic E-state index is -4.19. The first-order chi connectivity index (χ1) is 9.30. The van der Waals surface area contributed by atoms with E-state index in [1.54, 1.807) is 12.1 Å². The fourth-order valence-corrected chi connectivity index (χ4v) is 3.36. The van der Waals surface area contributed by atoms with Gasteiger partial charge in [-0.25, -0.2) is 0 Å². The van der Waals surface area contributed by atoms with Crippen LogP contribution in [0.1, 0.15) is 25.7 Å². The van der Waals surface area contributed by atoms with Gasteiger partial charge in [-0.3, -0.25) is 0 Å². The van der Waals surface area contributed by atoms with Crippen molar-refractivity contribution in [3.8, 4) is 0 Å². The lowest BCUT2D eigenvalue weighted by molar-refractivity contribution is -0.184. The molecule has 1 aromatic carbocycles. The molecule has 2 atom stereocenters. The minimum absolute atomic E-state index is 0.156. The Labute approximate surface area is 134 Å². The molecule has 0 aromatic heterocycles. The molecular weight excluding hydrogens is 378 g/mol. The molecule has 1 aromatic rings. The Kier molecular flexibility index (Phi) is 5.14. The topological polar surface area (TPSA) is 12.0 Å². The maximum atomic E-state index is 13.0. The van der Waals surface area contributed by atoms with E-state index in [0.29, 0.717) is 28.0 Å². The summed E-state index contributed by atoms with van der Waals surface area (Å²) in [6, 6.07) is 2.65. The zero-order valence-corrected chi connectivity index (χ0v) is 13.5. The van der Waals surface area contributed by atoms with Crippen LogP contribution in [0.25, 0.3) is 0 Å². The molecule has 2 unspecified atom stereocenters. The van der Waals surface area contributed by atoms with Crippen molar-refractivity contribution in [1.29, 1.82) is 0 Å². The van der Waals surface area contributed by atoms with Gasteiger partial charge in [0.05, 0.1) is 21.7 Å². The van der Waals surface area contributed by atoms with Crippen LogP contribution < -0.4 is 5.32 Å². The molecule has 1 saturated carbocycles. The molecule has 1 aliphatic carbocycles. The lowest BCUT2D eigenvalue weighted by Crippen LogP contribution is -2.41. The average molecular weight is 391 g/mol. The van der Waals surface area contributed by atoms with Crippen molar-refractivity contribution in [1.82, 2.24) is 0 Å². The van der Waals surface area contributed by atoms with Crippen LogP contribution in [0.4, 0.5) is 18.9 Å². The number of benzene rings is 1. The van der Waals surface area contributed by atoms with E-state index in [-0.39, 0.29) is 11.4 Å². The van der Waals surface area contributed by atoms with Gasteiger partial charge in [-0.05, 0) is 40.9 Å². The third kappa shape index (κ3) is 3.55. The van der Waals surface area contributed by atoms with Crippen LogP contribution in [-0.2, 0) is 0 Å². The maximum absolute atomic E-state index is 13.0. The third-order valence-electron chi connectivity index (χ3n) is 3.56. The van der Waals surface area contributed by atoms with E-state index in [0.717, 1.165) is 6.42 Å². The molecule has 0 bridgehead atoms. The summed E-state index contributed by atoms with van der Waals surface area (Å²) in [4.78, 5) is 0. The van der Waals surface area contributed by atoms with Crippen LogP contribution >= 0.6 is 39.1 Å². The Morgan fingerprint density at radius 1 is 1.10 bits per heavy atom. The number of anilines is 1. The van der Waals surface area contributed by atoms with Gasteiger partial charge in [0.15, 0.2) is 0 Å². The third-order valence-corrected chi connectivity index (χ3v) is 5.33. The van der Waals surface area contributed by atoms with Crippen LogP contribution in [0.5, 0.6) is 0 Å². The Morgan fingerprint density at radius 2 is 1.75 bits per heavy atom. The molecule has 0 aliphatic heterocycles. The second kappa shape index (κ2) is 6.32. The lowest BCUT2D eigenvalue weighted by atomic mass is 9.84. The highest BCUT2D eigenvalue weighted by atomic mass is 79.9. The molecule has 0 spiro atoms. The summed E-state index contributed by atoms with van der Waals surface area (Å²) >= 11 is 15.3. The Balaban J connectivity index is 2.21. The largest absolute Gasteiger partial charge is 0.393 e. The maximum Gasteiger partial charge on any atom is 0.393 e. The molecule has 1 aliphatic rings. The fourth-order valence-electron chi connectivity index (χ4n) is 2.53. The van der Waals surface area contributed by atoms with Crippen molar-refractivity contribution in [2.75, 3.05) is 5.32 Å². The van der Waals surface area contributed by atoms with Crippen LogP contribution in [0.15, 0.2) is 16.6 Å². The molecule has 1 N–H and O–H groups in total. The highest BCUT2D eigenvalue weighted by Crippen LogP contribution is 2.41. The molecule has 112 valence electrons. The predicted molar refractivity (Wildman–Crippen MR) is 79.6 cm³/mol. The SMILES string of the molecule is FC(F)(F)C1CCCCC1Nc1ccc(Br)c(Cl)c1Cl. The van der Waals surface area contributed by atoms with Crippen LogP contribution in [0.3, 0.4) is 0 Å². The number of alkyl halides is 3. The van der Waals surface area contributed by atoms with Gasteiger partial charge >= 0.3 is 6.18 Å². The molecule has 0 radical (unpaired) electrons. The summed E-state index contributed by atoms with van der Waals surface area (Å²) in [6.45, 7) is 0. The minimum Gasteiger partial charge on any atom is -0.380 e. The van der Waals surface area contributed by atoms with Gasteiger partial charge in [0.1, 0.15) is 0 Å². The van der Waals surface area contributed by atoms with Crippen molar-refractivity contribution in [3.05, 3.63) is 26.7 Å². The molecule has 7 heteroatoms. The van der Waals surface area contributed by atoms with Crippen molar-refractivity contribution in [2.24, 2.45) is 5.92 Å². The van der Waals surface area contributed by atoms with Crippen molar-refractivity contribution < 1.29 is 13.2 Å². The quantitative estimate of drug-likeness (QED) is 0.585. The number of halogens is 6. The standard InChI is InChI=1S/C13H13BrCl2F3N/c14-8-5-6-10(12(16)11(8)15)20-9-4-2-1-3-7(9)13(17,18)19/h5-7,9,20H,1-4H2. The Bertz CT molecular complexity index is 493. The highest BCUT2D eigenvalue weighted by molar-refractivity contribution is 9.10. The molecule has 2 rings (SSSR count). The molecule has 1 nitrogen and oxygen atoms in total. The van der Waals surface area contributed by atoms with Gasteiger partial charge in [0.2, 0.25) is 0 Å². The van der Waals surface area contributed by atoms with Crippen LogP contribution in [0, 0.1) is 5.92 Å². The molecule has 0 heterocycles. The van der Waals surface area contributed by atoms with Gasteiger partial charge in [-0.1, -0.05) is 36.0 Å². The Morgan fingerprint density at radius 3 is 2.40 bits per heavy atom. The van der Waals surface area contributed by atoms with Crippen molar-refractivity contribution in [2.45, 2.75) is 37.9 Å². The summed E-state index contributed by atoms with van der Waals surface area (Å²) in [5, 5.41) is 3.46. The molecule has 0 saturated heterocycles. The first-order valence-electron chi connectivity index (χ1n) is 6.27. The second-order valence-corrected chi connectivity index (χ2v) is 6.52. The Hall–Kier alpha value is -0.130. The molecule has 1 fully saturated rings. The summed E-state index contributed by atoms with van der Waals surface area (Å²) in [6.07, 6.45) is -2.16. The van der Waals surface area contributed by atoms with E-state index in [1.807, 2.05) is 0 Å². The second-order valence-electron chi connectivity index (χ2n) is 4.91. The summed E-state index contributed by atoms with van der Waals surface area (Å²) in [5.74, 6) is -1.34. The molecule has 20 heavy (non-hydrogen) atoms. The van der Waals surface area contributed by atoms with E-state index in [1.165, 1.54) is 0 Å².